The number of nitrogens with zero attached hydrogens (tertiary/aromatic N) is 2. The van der Waals surface area contributed by atoms with Gasteiger partial charge in [0.1, 0.15) is 11.6 Å². The summed E-state index contributed by atoms with van der Waals surface area (Å²) >= 11 is 0. The third-order valence-corrected chi connectivity index (χ3v) is 4.92. The molecule has 26 heavy (non-hydrogen) atoms. The van der Waals surface area contributed by atoms with Crippen molar-refractivity contribution in [3.8, 4) is 11.3 Å². The van der Waals surface area contributed by atoms with Crippen LogP contribution in [0, 0.1) is 11.6 Å². The number of methoxy groups -OCH3 is 2. The maximum atomic E-state index is 13.7. The Bertz CT molecular complexity index is 735. The van der Waals surface area contributed by atoms with Crippen LogP contribution in [0.5, 0.6) is 0 Å². The molecule has 1 saturated carbocycles. The highest BCUT2D eigenvalue weighted by atomic mass is 19.1. The van der Waals surface area contributed by atoms with E-state index in [2.05, 4.69) is 10.4 Å². The van der Waals surface area contributed by atoms with Gasteiger partial charge >= 0.3 is 0 Å². The van der Waals surface area contributed by atoms with E-state index >= 15 is 0 Å². The molecular formula is C19H25F2N3O2. The first-order chi connectivity index (χ1) is 12.5. The molecule has 0 bridgehead atoms. The van der Waals surface area contributed by atoms with Crippen LogP contribution in [0.4, 0.5) is 14.6 Å². The fourth-order valence-electron chi connectivity index (χ4n) is 3.65. The number of rotatable bonds is 6. The molecule has 1 heterocycles. The molecule has 5 nitrogen and oxygen atoms in total. The number of nitrogens with one attached hydrogen (secondary N) is 1. The molecule has 1 N–H and O–H groups in total. The highest BCUT2D eigenvalue weighted by Gasteiger charge is 2.24. The van der Waals surface area contributed by atoms with Crippen LogP contribution in [-0.2, 0) is 23.1 Å². The first kappa shape index (κ1) is 18.8. The molecule has 1 fully saturated rings. The Hall–Kier alpha value is -1.99. The SMILES string of the molecule is COCc1c(NC2CCC(OC)CC2)nn(C)c1-c1cc(F)cc(F)c1. The molecule has 7 heteroatoms. The zero-order chi connectivity index (χ0) is 18.7. The topological polar surface area (TPSA) is 48.3 Å². The minimum absolute atomic E-state index is 0.295. The lowest BCUT2D eigenvalue weighted by molar-refractivity contribution is 0.0681. The van der Waals surface area contributed by atoms with Gasteiger partial charge in [-0.05, 0) is 37.8 Å². The van der Waals surface area contributed by atoms with Gasteiger partial charge in [0.15, 0.2) is 5.82 Å². The molecule has 0 radical (unpaired) electrons. The highest BCUT2D eigenvalue weighted by molar-refractivity contribution is 5.69. The van der Waals surface area contributed by atoms with Gasteiger partial charge in [-0.2, -0.15) is 5.10 Å². The smallest absolute Gasteiger partial charge is 0.154 e. The molecule has 0 saturated heterocycles. The lowest BCUT2D eigenvalue weighted by Crippen LogP contribution is -2.29. The van der Waals surface area contributed by atoms with Crippen molar-refractivity contribution < 1.29 is 18.3 Å². The van der Waals surface area contributed by atoms with Gasteiger partial charge in [-0.25, -0.2) is 8.78 Å². The molecule has 1 aliphatic carbocycles. The van der Waals surface area contributed by atoms with Crippen LogP contribution in [0.1, 0.15) is 31.2 Å². The Morgan fingerprint density at radius 3 is 2.35 bits per heavy atom. The van der Waals surface area contributed by atoms with Crippen molar-refractivity contribution in [2.45, 2.75) is 44.4 Å². The third kappa shape index (κ3) is 4.04. The number of halogens is 2. The standard InChI is InChI=1S/C19H25F2N3O2/c1-24-18(12-8-13(20)10-14(21)9-12)17(11-25-2)19(23-24)22-15-4-6-16(26-3)7-5-15/h8-10,15-16H,4-7,11H2,1-3H3,(H,22,23). The zero-order valence-electron chi connectivity index (χ0n) is 15.4. The average molecular weight is 365 g/mol. The van der Waals surface area contributed by atoms with Crippen molar-refractivity contribution in [2.24, 2.45) is 7.05 Å². The van der Waals surface area contributed by atoms with Gasteiger partial charge in [0, 0.05) is 44.5 Å². The normalized spacial score (nSPS) is 20.3. The minimum atomic E-state index is -0.614. The predicted octanol–water partition coefficient (Wildman–Crippen LogP) is 3.88. The Labute approximate surface area is 152 Å². The van der Waals surface area contributed by atoms with E-state index in [4.69, 9.17) is 9.47 Å². The maximum Gasteiger partial charge on any atom is 0.154 e. The summed E-state index contributed by atoms with van der Waals surface area (Å²) in [6.45, 7) is 0.303. The molecule has 142 valence electrons. The quantitative estimate of drug-likeness (QED) is 0.844. The van der Waals surface area contributed by atoms with Crippen LogP contribution in [0.15, 0.2) is 18.2 Å². The van der Waals surface area contributed by atoms with E-state index in [0.29, 0.717) is 35.8 Å². The zero-order valence-corrected chi connectivity index (χ0v) is 15.4. The monoisotopic (exact) mass is 365 g/mol. The van der Waals surface area contributed by atoms with Gasteiger partial charge < -0.3 is 14.8 Å². The van der Waals surface area contributed by atoms with Gasteiger partial charge in [-0.15, -0.1) is 0 Å². The number of anilines is 1. The molecule has 1 aliphatic rings. The van der Waals surface area contributed by atoms with E-state index in [1.807, 2.05) is 0 Å². The number of ether oxygens (including phenoxy) is 2. The number of benzene rings is 1. The molecule has 1 aromatic carbocycles. The van der Waals surface area contributed by atoms with Gasteiger partial charge in [-0.3, -0.25) is 4.68 Å². The van der Waals surface area contributed by atoms with Crippen molar-refractivity contribution >= 4 is 5.82 Å². The van der Waals surface area contributed by atoms with E-state index in [9.17, 15) is 8.78 Å². The number of aryl methyl sites for hydroxylation is 1. The second-order valence-corrected chi connectivity index (χ2v) is 6.74. The molecule has 0 amide bonds. The van der Waals surface area contributed by atoms with Crippen molar-refractivity contribution in [1.29, 1.82) is 0 Å². The minimum Gasteiger partial charge on any atom is -0.381 e. The Kier molecular flexibility index (Phi) is 5.88. The van der Waals surface area contributed by atoms with E-state index in [1.54, 1.807) is 25.9 Å². The third-order valence-electron chi connectivity index (χ3n) is 4.92. The average Bonchev–Trinajstić information content (AvgIpc) is 2.90. The first-order valence-corrected chi connectivity index (χ1v) is 8.82. The van der Waals surface area contributed by atoms with Crippen molar-refractivity contribution in [3.63, 3.8) is 0 Å². The molecule has 0 unspecified atom stereocenters. The summed E-state index contributed by atoms with van der Waals surface area (Å²) in [6, 6.07) is 3.78. The molecule has 2 aromatic rings. The van der Waals surface area contributed by atoms with Gasteiger partial charge in [0.2, 0.25) is 0 Å². The summed E-state index contributed by atoms with van der Waals surface area (Å²) in [5.41, 5.74) is 1.90. The van der Waals surface area contributed by atoms with Crippen LogP contribution >= 0.6 is 0 Å². The summed E-state index contributed by atoms with van der Waals surface area (Å²) in [5, 5.41) is 8.03. The highest BCUT2D eigenvalue weighted by Crippen LogP contribution is 2.32. The van der Waals surface area contributed by atoms with Gasteiger partial charge in [0.05, 0.1) is 18.4 Å². The van der Waals surface area contributed by atoms with Crippen molar-refractivity contribution in [3.05, 3.63) is 35.4 Å². The van der Waals surface area contributed by atoms with E-state index in [-0.39, 0.29) is 0 Å². The second kappa shape index (κ2) is 8.14. The van der Waals surface area contributed by atoms with Gasteiger partial charge in [0.25, 0.3) is 0 Å². The van der Waals surface area contributed by atoms with Crippen molar-refractivity contribution in [2.75, 3.05) is 19.5 Å². The molecule has 0 spiro atoms. The Morgan fingerprint density at radius 2 is 1.77 bits per heavy atom. The van der Waals surface area contributed by atoms with Crippen LogP contribution in [-0.4, -0.2) is 36.1 Å². The summed E-state index contributed by atoms with van der Waals surface area (Å²) in [5.74, 6) is -0.524. The predicted molar refractivity (Wildman–Crippen MR) is 95.9 cm³/mol. The summed E-state index contributed by atoms with van der Waals surface area (Å²) in [6.07, 6.45) is 4.31. The molecule has 0 aliphatic heterocycles. The van der Waals surface area contributed by atoms with Crippen LogP contribution < -0.4 is 5.32 Å². The van der Waals surface area contributed by atoms with E-state index < -0.39 is 11.6 Å². The number of aromatic nitrogens is 2. The Balaban J connectivity index is 1.89. The van der Waals surface area contributed by atoms with E-state index in [1.165, 1.54) is 12.1 Å². The molecule has 1 aromatic heterocycles. The number of hydrogen-bond donors (Lipinski definition) is 1. The van der Waals surface area contributed by atoms with Crippen LogP contribution in [0.25, 0.3) is 11.3 Å². The fourth-order valence-corrected chi connectivity index (χ4v) is 3.65. The number of hydrogen-bond acceptors (Lipinski definition) is 4. The lowest BCUT2D eigenvalue weighted by Gasteiger charge is -2.28. The summed E-state index contributed by atoms with van der Waals surface area (Å²) in [4.78, 5) is 0. The maximum absolute atomic E-state index is 13.7. The lowest BCUT2D eigenvalue weighted by atomic mass is 9.93. The second-order valence-electron chi connectivity index (χ2n) is 6.74. The molecular weight excluding hydrogens is 340 g/mol. The van der Waals surface area contributed by atoms with Gasteiger partial charge in [-0.1, -0.05) is 0 Å². The summed E-state index contributed by atoms with van der Waals surface area (Å²) < 4.78 is 39.8. The molecule has 0 atom stereocenters. The largest absolute Gasteiger partial charge is 0.381 e. The summed E-state index contributed by atoms with van der Waals surface area (Å²) in [7, 11) is 5.11. The van der Waals surface area contributed by atoms with Crippen LogP contribution in [0.3, 0.4) is 0 Å². The molecule has 3 rings (SSSR count). The fraction of sp³-hybridized carbons (Fsp3) is 0.526. The van der Waals surface area contributed by atoms with E-state index in [0.717, 1.165) is 37.3 Å². The van der Waals surface area contributed by atoms with Crippen LogP contribution in [0.2, 0.25) is 0 Å². The Morgan fingerprint density at radius 1 is 1.12 bits per heavy atom. The van der Waals surface area contributed by atoms with Crippen molar-refractivity contribution in [1.82, 2.24) is 9.78 Å². The first-order valence-electron chi connectivity index (χ1n) is 8.82.